The van der Waals surface area contributed by atoms with Gasteiger partial charge in [-0.3, -0.25) is 10.1 Å². The van der Waals surface area contributed by atoms with Gasteiger partial charge in [0.25, 0.3) is 0 Å². The molecular formula is C8H14N2O3. The van der Waals surface area contributed by atoms with Crippen molar-refractivity contribution < 1.29 is 14.7 Å². The quantitative estimate of drug-likeness (QED) is 0.552. The molecule has 5 nitrogen and oxygen atoms in total. The number of amides is 1. The van der Waals surface area contributed by atoms with Gasteiger partial charge in [0.15, 0.2) is 5.66 Å². The molecule has 1 aliphatic rings. The molecule has 1 aliphatic heterocycles. The zero-order chi connectivity index (χ0) is 10.3. The fraction of sp³-hybridized carbons (Fsp3) is 0.750. The third-order valence-electron chi connectivity index (χ3n) is 2.53. The predicted molar refractivity (Wildman–Crippen MR) is 46.0 cm³/mol. The molecule has 3 N–H and O–H groups in total. The molecule has 0 bridgehead atoms. The van der Waals surface area contributed by atoms with Crippen LogP contribution in [0.25, 0.3) is 0 Å². The lowest BCUT2D eigenvalue weighted by Crippen LogP contribution is -2.56. The normalized spacial score (nSPS) is 38.8. The lowest BCUT2D eigenvalue weighted by atomic mass is 9.99. The molecule has 74 valence electrons. The molecule has 1 heterocycles. The predicted octanol–water partition coefficient (Wildman–Crippen LogP) is -0.325. The molecule has 1 fully saturated rings. The number of carboxylic acids is 1. The zero-order valence-electron chi connectivity index (χ0n) is 7.97. The van der Waals surface area contributed by atoms with Crippen molar-refractivity contribution in [2.45, 2.75) is 38.4 Å². The van der Waals surface area contributed by atoms with E-state index in [2.05, 4.69) is 10.6 Å². The fourth-order valence-corrected chi connectivity index (χ4v) is 1.36. The van der Waals surface area contributed by atoms with Crippen LogP contribution in [-0.2, 0) is 9.59 Å². The van der Waals surface area contributed by atoms with Crippen molar-refractivity contribution in [2.75, 3.05) is 0 Å². The van der Waals surface area contributed by atoms with Crippen LogP contribution in [0.5, 0.6) is 0 Å². The first-order chi connectivity index (χ1) is 5.84. The molecular weight excluding hydrogens is 172 g/mol. The Morgan fingerprint density at radius 3 is 2.31 bits per heavy atom. The first-order valence-electron chi connectivity index (χ1n) is 4.19. The highest BCUT2D eigenvalue weighted by Crippen LogP contribution is 2.21. The van der Waals surface area contributed by atoms with E-state index in [1.165, 1.54) is 6.92 Å². The van der Waals surface area contributed by atoms with Crippen molar-refractivity contribution >= 4 is 11.9 Å². The largest absolute Gasteiger partial charge is 0.478 e. The lowest BCUT2D eigenvalue weighted by Gasteiger charge is -2.23. The maximum Gasteiger partial charge on any atom is 0.344 e. The van der Waals surface area contributed by atoms with Crippen LogP contribution in [-0.4, -0.2) is 28.2 Å². The minimum atomic E-state index is -1.33. The monoisotopic (exact) mass is 186 g/mol. The maximum absolute atomic E-state index is 11.4. The summed E-state index contributed by atoms with van der Waals surface area (Å²) >= 11 is 0. The molecule has 13 heavy (non-hydrogen) atoms. The number of hydrogen-bond donors (Lipinski definition) is 3. The highest BCUT2D eigenvalue weighted by molar-refractivity contribution is 5.95. The van der Waals surface area contributed by atoms with E-state index < -0.39 is 17.2 Å². The van der Waals surface area contributed by atoms with Crippen LogP contribution < -0.4 is 10.6 Å². The first kappa shape index (κ1) is 9.98. The average Bonchev–Trinajstić information content (AvgIpc) is 2.25. The summed E-state index contributed by atoms with van der Waals surface area (Å²) in [5.41, 5.74) is -2.10. The molecule has 0 aliphatic carbocycles. The second-order valence-corrected chi connectivity index (χ2v) is 3.69. The summed E-state index contributed by atoms with van der Waals surface area (Å²) in [6.07, 6.45) is 0.557. The van der Waals surface area contributed by atoms with Crippen molar-refractivity contribution in [1.29, 1.82) is 0 Å². The second-order valence-electron chi connectivity index (χ2n) is 3.69. The van der Waals surface area contributed by atoms with Crippen LogP contribution in [0.4, 0.5) is 0 Å². The Balaban J connectivity index is 2.93. The van der Waals surface area contributed by atoms with E-state index >= 15 is 0 Å². The van der Waals surface area contributed by atoms with Gasteiger partial charge in [-0.2, -0.15) is 0 Å². The molecule has 1 amide bonds. The van der Waals surface area contributed by atoms with Crippen molar-refractivity contribution in [3.8, 4) is 0 Å². The topological polar surface area (TPSA) is 78.4 Å². The number of carbonyl (C=O) groups is 2. The smallest absolute Gasteiger partial charge is 0.344 e. The molecule has 0 aromatic carbocycles. The summed E-state index contributed by atoms with van der Waals surface area (Å²) in [5, 5.41) is 14.0. The Labute approximate surface area is 76.5 Å². The molecule has 0 spiro atoms. The van der Waals surface area contributed by atoms with Crippen LogP contribution in [0.3, 0.4) is 0 Å². The molecule has 0 aromatic rings. The molecule has 1 saturated heterocycles. The van der Waals surface area contributed by atoms with Gasteiger partial charge in [-0.1, -0.05) is 6.92 Å². The number of hydrogen-bond acceptors (Lipinski definition) is 3. The highest BCUT2D eigenvalue weighted by atomic mass is 16.4. The van der Waals surface area contributed by atoms with Crippen LogP contribution in [0.15, 0.2) is 0 Å². The fourth-order valence-electron chi connectivity index (χ4n) is 1.36. The second kappa shape index (κ2) is 2.70. The van der Waals surface area contributed by atoms with Crippen molar-refractivity contribution in [3.63, 3.8) is 0 Å². The minimum Gasteiger partial charge on any atom is -0.478 e. The summed E-state index contributed by atoms with van der Waals surface area (Å²) in [7, 11) is 0. The van der Waals surface area contributed by atoms with Gasteiger partial charge in [0, 0.05) is 0 Å². The number of carboxylic acid groups (broad SMARTS) is 1. The zero-order valence-corrected chi connectivity index (χ0v) is 7.97. The van der Waals surface area contributed by atoms with E-state index in [1.807, 2.05) is 6.92 Å². The van der Waals surface area contributed by atoms with Gasteiger partial charge < -0.3 is 10.4 Å². The Morgan fingerprint density at radius 2 is 2.08 bits per heavy atom. The van der Waals surface area contributed by atoms with Gasteiger partial charge in [-0.25, -0.2) is 4.79 Å². The summed E-state index contributed by atoms with van der Waals surface area (Å²) in [6.45, 7) is 4.96. The third kappa shape index (κ3) is 1.39. The standard InChI is InChI=1S/C8H14N2O3/c1-4-7(2)5(11)9-8(3,10-7)6(12)13/h10H,4H2,1-3H3,(H,9,11)(H,12,13). The van der Waals surface area contributed by atoms with Crippen LogP contribution in [0, 0.1) is 0 Å². The van der Waals surface area contributed by atoms with Gasteiger partial charge in [0.05, 0.1) is 5.54 Å². The lowest BCUT2D eigenvalue weighted by molar-refractivity contribution is -0.145. The van der Waals surface area contributed by atoms with Crippen molar-refractivity contribution in [3.05, 3.63) is 0 Å². The number of rotatable bonds is 2. The van der Waals surface area contributed by atoms with Gasteiger partial charge in [-0.15, -0.1) is 0 Å². The first-order valence-corrected chi connectivity index (χ1v) is 4.19. The molecule has 2 unspecified atom stereocenters. The van der Waals surface area contributed by atoms with E-state index in [0.717, 1.165) is 0 Å². The summed E-state index contributed by atoms with van der Waals surface area (Å²) < 4.78 is 0. The van der Waals surface area contributed by atoms with E-state index in [-0.39, 0.29) is 5.91 Å². The number of nitrogens with one attached hydrogen (secondary N) is 2. The third-order valence-corrected chi connectivity index (χ3v) is 2.53. The van der Waals surface area contributed by atoms with Crippen LogP contribution >= 0.6 is 0 Å². The molecule has 2 atom stereocenters. The summed E-state index contributed by atoms with van der Waals surface area (Å²) in [4.78, 5) is 22.2. The summed E-state index contributed by atoms with van der Waals surface area (Å²) in [5.74, 6) is -1.34. The Bertz CT molecular complexity index is 266. The van der Waals surface area contributed by atoms with Gasteiger partial charge in [-0.05, 0) is 20.3 Å². The minimum absolute atomic E-state index is 0.264. The highest BCUT2D eigenvalue weighted by Gasteiger charge is 2.51. The SMILES string of the molecule is CCC1(C)NC(C)(C(=O)O)NC1=O. The Kier molecular flexibility index (Phi) is 2.07. The summed E-state index contributed by atoms with van der Waals surface area (Å²) in [6, 6.07) is 0. The Hall–Kier alpha value is -1.10. The van der Waals surface area contributed by atoms with Gasteiger partial charge in [0.2, 0.25) is 5.91 Å². The molecule has 5 heteroatoms. The Morgan fingerprint density at radius 1 is 1.54 bits per heavy atom. The van der Waals surface area contributed by atoms with Gasteiger partial charge in [0.1, 0.15) is 0 Å². The van der Waals surface area contributed by atoms with Crippen molar-refractivity contribution in [1.82, 2.24) is 10.6 Å². The van der Waals surface area contributed by atoms with E-state index in [9.17, 15) is 9.59 Å². The number of aliphatic carboxylic acids is 1. The van der Waals surface area contributed by atoms with Crippen molar-refractivity contribution in [2.24, 2.45) is 0 Å². The van der Waals surface area contributed by atoms with E-state index in [4.69, 9.17) is 5.11 Å². The molecule has 0 aromatic heterocycles. The van der Waals surface area contributed by atoms with E-state index in [0.29, 0.717) is 6.42 Å². The number of carbonyl (C=O) groups excluding carboxylic acids is 1. The molecule has 0 saturated carbocycles. The van der Waals surface area contributed by atoms with Gasteiger partial charge >= 0.3 is 5.97 Å². The average molecular weight is 186 g/mol. The maximum atomic E-state index is 11.4. The van der Waals surface area contributed by atoms with Crippen LogP contribution in [0.2, 0.25) is 0 Å². The molecule has 0 radical (unpaired) electrons. The molecule has 1 rings (SSSR count). The van der Waals surface area contributed by atoms with Crippen LogP contribution in [0.1, 0.15) is 27.2 Å². The van der Waals surface area contributed by atoms with E-state index in [1.54, 1.807) is 6.92 Å².